The van der Waals surface area contributed by atoms with E-state index in [9.17, 15) is 4.79 Å². The van der Waals surface area contributed by atoms with Crippen molar-refractivity contribution in [3.05, 3.63) is 71.8 Å². The van der Waals surface area contributed by atoms with Crippen LogP contribution >= 0.6 is 23.4 Å². The van der Waals surface area contributed by atoms with Crippen molar-refractivity contribution in [2.75, 3.05) is 25.3 Å². The molecule has 0 atom stereocenters. The summed E-state index contributed by atoms with van der Waals surface area (Å²) in [6, 6.07) is 19.7. The number of ether oxygens (including phenoxy) is 3. The maximum Gasteiger partial charge on any atom is 0.234 e. The molecule has 0 bridgehead atoms. The van der Waals surface area contributed by atoms with Gasteiger partial charge in [0.1, 0.15) is 23.0 Å². The fourth-order valence-corrected chi connectivity index (χ4v) is 3.79. The van der Waals surface area contributed by atoms with Crippen LogP contribution in [0.5, 0.6) is 23.0 Å². The van der Waals surface area contributed by atoms with Crippen molar-refractivity contribution in [1.29, 1.82) is 0 Å². The highest BCUT2D eigenvalue weighted by Crippen LogP contribution is 2.32. The summed E-state index contributed by atoms with van der Waals surface area (Å²) in [6.45, 7) is 0. The Hall–Kier alpha value is -3.69. The first-order chi connectivity index (χ1) is 16.6. The second kappa shape index (κ2) is 11.0. The fourth-order valence-electron chi connectivity index (χ4n) is 3.01. The van der Waals surface area contributed by atoms with Gasteiger partial charge in [-0.3, -0.25) is 9.89 Å². The number of methoxy groups -OCH3 is 2. The van der Waals surface area contributed by atoms with Gasteiger partial charge in [0, 0.05) is 11.8 Å². The first-order valence-corrected chi connectivity index (χ1v) is 11.5. The van der Waals surface area contributed by atoms with Gasteiger partial charge in [-0.1, -0.05) is 35.5 Å². The number of benzene rings is 3. The zero-order valence-corrected chi connectivity index (χ0v) is 19.9. The molecule has 4 aromatic rings. The predicted octanol–water partition coefficient (Wildman–Crippen LogP) is 5.67. The third kappa shape index (κ3) is 5.81. The number of carbonyl (C=O) groups excluding carboxylic acids is 1. The lowest BCUT2D eigenvalue weighted by Gasteiger charge is -2.09. The number of para-hydroxylation sites is 1. The molecule has 1 amide bonds. The molecule has 1 aromatic heterocycles. The number of anilines is 1. The summed E-state index contributed by atoms with van der Waals surface area (Å²) in [4.78, 5) is 16.8. The van der Waals surface area contributed by atoms with E-state index >= 15 is 0 Å². The number of nitrogens with one attached hydrogen (secondary N) is 2. The molecule has 0 aliphatic carbocycles. The van der Waals surface area contributed by atoms with E-state index in [1.165, 1.54) is 11.8 Å². The summed E-state index contributed by atoms with van der Waals surface area (Å²) < 4.78 is 16.4. The standard InChI is InChI=1S/C24H21ClN4O4S/c1-31-17-11-12-18(21(13-17)32-2)23-27-24(29-28-23)34-14-22(30)26-15-7-9-16(10-8-15)33-20-6-4-3-5-19(20)25/h3-13H,14H2,1-2H3,(H,26,30)(H,27,28,29). The number of rotatable bonds is 9. The quantitative estimate of drug-likeness (QED) is 0.288. The summed E-state index contributed by atoms with van der Waals surface area (Å²) in [5, 5.41) is 10.9. The molecule has 0 aliphatic heterocycles. The van der Waals surface area contributed by atoms with Gasteiger partial charge in [-0.05, 0) is 48.5 Å². The Kier molecular flexibility index (Phi) is 7.56. The minimum atomic E-state index is -0.182. The van der Waals surface area contributed by atoms with E-state index in [4.69, 9.17) is 25.8 Å². The number of H-pyrrole nitrogens is 1. The van der Waals surface area contributed by atoms with Gasteiger partial charge in [-0.25, -0.2) is 4.98 Å². The van der Waals surface area contributed by atoms with E-state index in [-0.39, 0.29) is 11.7 Å². The normalized spacial score (nSPS) is 10.6. The van der Waals surface area contributed by atoms with Crippen LogP contribution < -0.4 is 19.5 Å². The Morgan fingerprint density at radius 2 is 1.76 bits per heavy atom. The minimum absolute atomic E-state index is 0.148. The lowest BCUT2D eigenvalue weighted by Crippen LogP contribution is -2.14. The van der Waals surface area contributed by atoms with Crippen molar-refractivity contribution in [3.8, 4) is 34.4 Å². The van der Waals surface area contributed by atoms with Gasteiger partial charge in [0.05, 0.1) is 30.6 Å². The van der Waals surface area contributed by atoms with E-state index in [2.05, 4.69) is 20.5 Å². The molecule has 1 heterocycles. The van der Waals surface area contributed by atoms with E-state index in [0.717, 1.165) is 5.56 Å². The van der Waals surface area contributed by atoms with Gasteiger partial charge in [-0.15, -0.1) is 5.10 Å². The summed E-state index contributed by atoms with van der Waals surface area (Å²) >= 11 is 7.34. The molecule has 0 unspecified atom stereocenters. The number of amides is 1. The minimum Gasteiger partial charge on any atom is -0.497 e. The topological polar surface area (TPSA) is 98.4 Å². The molecule has 34 heavy (non-hydrogen) atoms. The summed E-state index contributed by atoms with van der Waals surface area (Å²) in [5.41, 5.74) is 1.39. The van der Waals surface area contributed by atoms with Crippen LogP contribution in [0.4, 0.5) is 5.69 Å². The van der Waals surface area contributed by atoms with Crippen molar-refractivity contribution in [2.45, 2.75) is 5.16 Å². The molecule has 0 spiro atoms. The van der Waals surface area contributed by atoms with Gasteiger partial charge in [-0.2, -0.15) is 0 Å². The maximum absolute atomic E-state index is 12.4. The molecule has 0 radical (unpaired) electrons. The number of aromatic nitrogens is 3. The Bertz CT molecular complexity index is 1280. The average Bonchev–Trinajstić information content (AvgIpc) is 3.34. The van der Waals surface area contributed by atoms with Gasteiger partial charge in [0.2, 0.25) is 11.1 Å². The summed E-state index contributed by atoms with van der Waals surface area (Å²) in [6.07, 6.45) is 0. The molecule has 0 fully saturated rings. The molecule has 10 heteroatoms. The van der Waals surface area contributed by atoms with Crippen LogP contribution in [0.3, 0.4) is 0 Å². The third-order valence-corrected chi connectivity index (χ3v) is 5.82. The number of thioether (sulfide) groups is 1. The number of halogens is 1. The molecular formula is C24H21ClN4O4S. The zero-order chi connectivity index (χ0) is 23.9. The third-order valence-electron chi connectivity index (χ3n) is 4.66. The Morgan fingerprint density at radius 3 is 2.50 bits per heavy atom. The van der Waals surface area contributed by atoms with E-state index in [1.807, 2.05) is 24.3 Å². The summed E-state index contributed by atoms with van der Waals surface area (Å²) in [5.74, 6) is 2.96. The number of aromatic amines is 1. The Labute approximate surface area is 205 Å². The zero-order valence-electron chi connectivity index (χ0n) is 18.4. The second-order valence-electron chi connectivity index (χ2n) is 6.93. The fraction of sp³-hybridized carbons (Fsp3) is 0.125. The molecule has 174 valence electrons. The SMILES string of the molecule is COc1ccc(-c2nc(SCC(=O)Nc3ccc(Oc4ccccc4Cl)cc3)n[nH]2)c(OC)c1. The van der Waals surface area contributed by atoms with Crippen LogP contribution in [-0.4, -0.2) is 41.1 Å². The van der Waals surface area contributed by atoms with Crippen LogP contribution in [0, 0.1) is 0 Å². The number of hydrogen-bond donors (Lipinski definition) is 2. The molecule has 4 rings (SSSR count). The lowest BCUT2D eigenvalue weighted by molar-refractivity contribution is -0.113. The Balaban J connectivity index is 1.32. The molecular weight excluding hydrogens is 476 g/mol. The highest BCUT2D eigenvalue weighted by Gasteiger charge is 2.14. The number of hydrogen-bond acceptors (Lipinski definition) is 7. The van der Waals surface area contributed by atoms with E-state index in [1.54, 1.807) is 56.7 Å². The second-order valence-corrected chi connectivity index (χ2v) is 8.28. The molecule has 0 aliphatic rings. The first kappa shape index (κ1) is 23.5. The van der Waals surface area contributed by atoms with Crippen LogP contribution in [-0.2, 0) is 4.79 Å². The molecule has 3 aromatic carbocycles. The maximum atomic E-state index is 12.4. The van der Waals surface area contributed by atoms with Crippen LogP contribution in [0.25, 0.3) is 11.4 Å². The number of nitrogens with zero attached hydrogens (tertiary/aromatic N) is 2. The highest BCUT2D eigenvalue weighted by molar-refractivity contribution is 7.99. The first-order valence-electron chi connectivity index (χ1n) is 10.2. The number of carbonyl (C=O) groups is 1. The van der Waals surface area contributed by atoms with Crippen molar-refractivity contribution in [1.82, 2.24) is 15.2 Å². The van der Waals surface area contributed by atoms with Crippen molar-refractivity contribution in [2.24, 2.45) is 0 Å². The average molecular weight is 497 g/mol. The van der Waals surface area contributed by atoms with Crippen molar-refractivity contribution in [3.63, 3.8) is 0 Å². The molecule has 8 nitrogen and oxygen atoms in total. The van der Waals surface area contributed by atoms with E-state index < -0.39 is 0 Å². The van der Waals surface area contributed by atoms with Crippen molar-refractivity contribution < 1.29 is 19.0 Å². The predicted molar refractivity (Wildman–Crippen MR) is 132 cm³/mol. The monoisotopic (exact) mass is 496 g/mol. The molecule has 2 N–H and O–H groups in total. The summed E-state index contributed by atoms with van der Waals surface area (Å²) in [7, 11) is 3.16. The Morgan fingerprint density at radius 1 is 1.00 bits per heavy atom. The van der Waals surface area contributed by atoms with Gasteiger partial charge in [0.25, 0.3) is 0 Å². The molecule has 0 saturated carbocycles. The van der Waals surface area contributed by atoms with Crippen LogP contribution in [0.2, 0.25) is 5.02 Å². The highest BCUT2D eigenvalue weighted by atomic mass is 35.5. The van der Waals surface area contributed by atoms with Crippen LogP contribution in [0.15, 0.2) is 71.9 Å². The van der Waals surface area contributed by atoms with Gasteiger partial charge >= 0.3 is 0 Å². The van der Waals surface area contributed by atoms with Gasteiger partial charge < -0.3 is 19.5 Å². The smallest absolute Gasteiger partial charge is 0.234 e. The largest absolute Gasteiger partial charge is 0.497 e. The van der Waals surface area contributed by atoms with Crippen LogP contribution in [0.1, 0.15) is 0 Å². The molecule has 0 saturated heterocycles. The lowest BCUT2D eigenvalue weighted by atomic mass is 10.2. The van der Waals surface area contributed by atoms with Crippen molar-refractivity contribution >= 4 is 35.0 Å². The van der Waals surface area contributed by atoms with Gasteiger partial charge in [0.15, 0.2) is 5.82 Å². The van der Waals surface area contributed by atoms with E-state index in [0.29, 0.717) is 44.7 Å².